The normalized spacial score (nSPS) is 25.8. The average Bonchev–Trinajstić information content (AvgIpc) is 2.31. The number of thioether (sulfide) groups is 1. The molecule has 2 N–H and O–H groups in total. The Morgan fingerprint density at radius 2 is 2.21 bits per heavy atom. The fraction of sp³-hybridized carbons (Fsp3) is 0.500. The van der Waals surface area contributed by atoms with Crippen molar-refractivity contribution >= 4 is 35.0 Å². The van der Waals surface area contributed by atoms with Gasteiger partial charge in [-0.1, -0.05) is 31.5 Å². The van der Waals surface area contributed by atoms with Crippen LogP contribution in [-0.4, -0.2) is 28.1 Å². The van der Waals surface area contributed by atoms with Crippen LogP contribution in [-0.2, 0) is 4.79 Å². The van der Waals surface area contributed by atoms with Gasteiger partial charge in [-0.25, -0.2) is 4.79 Å². The zero-order chi connectivity index (χ0) is 14.1. The van der Waals surface area contributed by atoms with Gasteiger partial charge < -0.3 is 10.4 Å². The molecule has 1 fully saturated rings. The maximum absolute atomic E-state index is 11.9. The maximum Gasteiger partial charge on any atom is 0.330 e. The van der Waals surface area contributed by atoms with E-state index in [4.69, 9.17) is 11.6 Å². The van der Waals surface area contributed by atoms with Crippen molar-refractivity contribution in [3.8, 4) is 0 Å². The Kier molecular flexibility index (Phi) is 4.02. The molecule has 104 valence electrons. The van der Waals surface area contributed by atoms with E-state index >= 15 is 0 Å². The first-order valence-corrected chi connectivity index (χ1v) is 7.76. The van der Waals surface area contributed by atoms with Gasteiger partial charge in [0.1, 0.15) is 5.54 Å². The summed E-state index contributed by atoms with van der Waals surface area (Å²) >= 11 is 7.65. The first-order valence-electron chi connectivity index (χ1n) is 6.22. The summed E-state index contributed by atoms with van der Waals surface area (Å²) in [4.78, 5) is 11.9. The molecule has 1 unspecified atom stereocenters. The second-order valence-electron chi connectivity index (χ2n) is 5.53. The number of hydrogen-bond donors (Lipinski definition) is 2. The molecule has 0 radical (unpaired) electrons. The summed E-state index contributed by atoms with van der Waals surface area (Å²) in [5, 5.41) is 13.6. The number of hydrogen-bond acceptors (Lipinski definition) is 3. The molecule has 5 heteroatoms. The van der Waals surface area contributed by atoms with E-state index in [2.05, 4.69) is 5.32 Å². The number of carbonyl (C=O) groups is 1. The molecule has 2 rings (SSSR count). The van der Waals surface area contributed by atoms with E-state index in [0.717, 1.165) is 17.9 Å². The lowest BCUT2D eigenvalue weighted by atomic mass is 9.70. The Morgan fingerprint density at radius 1 is 1.47 bits per heavy atom. The fourth-order valence-corrected chi connectivity index (χ4v) is 4.27. The van der Waals surface area contributed by atoms with Crippen LogP contribution in [0.5, 0.6) is 0 Å². The number of anilines is 1. The van der Waals surface area contributed by atoms with E-state index in [1.165, 1.54) is 0 Å². The third kappa shape index (κ3) is 2.70. The first kappa shape index (κ1) is 14.5. The smallest absolute Gasteiger partial charge is 0.330 e. The van der Waals surface area contributed by atoms with Gasteiger partial charge in [0.15, 0.2) is 0 Å². The predicted octanol–water partition coefficient (Wildman–Crippen LogP) is 3.74. The molecule has 0 aliphatic carbocycles. The van der Waals surface area contributed by atoms with Gasteiger partial charge in [-0.2, -0.15) is 11.8 Å². The SMILES string of the molecule is CC1(C)CCSCC1(Nc1cccc(Cl)c1)C(=O)O. The van der Waals surface area contributed by atoms with Crippen molar-refractivity contribution < 1.29 is 9.90 Å². The number of halogens is 1. The van der Waals surface area contributed by atoms with Gasteiger partial charge in [-0.15, -0.1) is 0 Å². The standard InChI is InChI=1S/C14H18ClNO2S/c1-13(2)6-7-19-9-14(13,12(17)18)16-11-5-3-4-10(15)8-11/h3-5,8,16H,6-7,9H2,1-2H3,(H,17,18). The van der Waals surface area contributed by atoms with E-state index in [-0.39, 0.29) is 5.41 Å². The molecule has 19 heavy (non-hydrogen) atoms. The second kappa shape index (κ2) is 5.25. The second-order valence-corrected chi connectivity index (χ2v) is 7.07. The summed E-state index contributed by atoms with van der Waals surface area (Å²) in [6.07, 6.45) is 0.873. The molecule has 1 atom stereocenters. The summed E-state index contributed by atoms with van der Waals surface area (Å²) in [5.41, 5.74) is -0.516. The van der Waals surface area contributed by atoms with Gasteiger partial charge in [0.2, 0.25) is 0 Å². The van der Waals surface area contributed by atoms with Crippen molar-refractivity contribution in [3.63, 3.8) is 0 Å². The van der Waals surface area contributed by atoms with E-state index < -0.39 is 11.5 Å². The average molecular weight is 300 g/mol. The Bertz CT molecular complexity index is 492. The summed E-state index contributed by atoms with van der Waals surface area (Å²) < 4.78 is 0. The summed E-state index contributed by atoms with van der Waals surface area (Å²) in [5.74, 6) is 0.755. The van der Waals surface area contributed by atoms with Crippen LogP contribution in [0.25, 0.3) is 0 Å². The molecular weight excluding hydrogens is 282 g/mol. The van der Waals surface area contributed by atoms with Crippen LogP contribution in [0, 0.1) is 5.41 Å². The molecule has 1 heterocycles. The van der Waals surface area contributed by atoms with Crippen molar-refractivity contribution in [3.05, 3.63) is 29.3 Å². The largest absolute Gasteiger partial charge is 0.479 e. The highest BCUT2D eigenvalue weighted by molar-refractivity contribution is 7.99. The van der Waals surface area contributed by atoms with Gasteiger partial charge in [0.25, 0.3) is 0 Å². The zero-order valence-corrected chi connectivity index (χ0v) is 12.6. The number of aliphatic carboxylic acids is 1. The van der Waals surface area contributed by atoms with Crippen LogP contribution in [0.1, 0.15) is 20.3 Å². The molecule has 0 bridgehead atoms. The van der Waals surface area contributed by atoms with E-state index in [9.17, 15) is 9.90 Å². The summed E-state index contributed by atoms with van der Waals surface area (Å²) in [6, 6.07) is 7.22. The predicted molar refractivity (Wildman–Crippen MR) is 81.2 cm³/mol. The molecule has 0 spiro atoms. The fourth-order valence-electron chi connectivity index (χ4n) is 2.38. The molecule has 1 aliphatic rings. The minimum absolute atomic E-state index is 0.313. The highest BCUT2D eigenvalue weighted by Crippen LogP contribution is 2.44. The van der Waals surface area contributed by atoms with E-state index in [0.29, 0.717) is 10.8 Å². The van der Waals surface area contributed by atoms with Gasteiger partial charge >= 0.3 is 5.97 Å². The van der Waals surface area contributed by atoms with Gasteiger partial charge in [0.05, 0.1) is 0 Å². The van der Waals surface area contributed by atoms with Gasteiger partial charge in [-0.3, -0.25) is 0 Å². The first-order chi connectivity index (χ1) is 8.87. The van der Waals surface area contributed by atoms with Crippen molar-refractivity contribution in [2.24, 2.45) is 5.41 Å². The Hall–Kier alpha value is -0.870. The van der Waals surface area contributed by atoms with Crippen LogP contribution < -0.4 is 5.32 Å². The van der Waals surface area contributed by atoms with Crippen molar-refractivity contribution in [1.82, 2.24) is 0 Å². The molecule has 0 saturated carbocycles. The summed E-state index contributed by atoms with van der Waals surface area (Å²) in [6.45, 7) is 4.02. The number of carboxylic acids is 1. The molecule has 0 amide bonds. The van der Waals surface area contributed by atoms with E-state index in [1.807, 2.05) is 26.0 Å². The lowest BCUT2D eigenvalue weighted by Crippen LogP contribution is -2.61. The Morgan fingerprint density at radius 3 is 2.79 bits per heavy atom. The molecule has 3 nitrogen and oxygen atoms in total. The highest BCUT2D eigenvalue weighted by atomic mass is 35.5. The van der Waals surface area contributed by atoms with Crippen LogP contribution in [0.4, 0.5) is 5.69 Å². The summed E-state index contributed by atoms with van der Waals surface area (Å²) in [7, 11) is 0. The number of carboxylic acid groups (broad SMARTS) is 1. The van der Waals surface area contributed by atoms with Crippen molar-refractivity contribution in [2.75, 3.05) is 16.8 Å². The van der Waals surface area contributed by atoms with Crippen LogP contribution in [0.2, 0.25) is 5.02 Å². The number of benzene rings is 1. The third-order valence-electron chi connectivity index (χ3n) is 3.89. The monoisotopic (exact) mass is 299 g/mol. The van der Waals surface area contributed by atoms with Crippen molar-refractivity contribution in [2.45, 2.75) is 25.8 Å². The number of rotatable bonds is 3. The molecule has 1 aromatic carbocycles. The Labute approximate surface area is 122 Å². The minimum Gasteiger partial charge on any atom is -0.479 e. The van der Waals surface area contributed by atoms with Crippen LogP contribution in [0.3, 0.4) is 0 Å². The lowest BCUT2D eigenvalue weighted by molar-refractivity contribution is -0.145. The van der Waals surface area contributed by atoms with E-state index in [1.54, 1.807) is 23.9 Å². The third-order valence-corrected chi connectivity index (χ3v) is 5.26. The minimum atomic E-state index is -0.958. The lowest BCUT2D eigenvalue weighted by Gasteiger charge is -2.47. The van der Waals surface area contributed by atoms with Gasteiger partial charge in [-0.05, 0) is 30.4 Å². The molecular formula is C14H18ClNO2S. The van der Waals surface area contributed by atoms with Crippen molar-refractivity contribution in [1.29, 1.82) is 0 Å². The quantitative estimate of drug-likeness (QED) is 0.893. The maximum atomic E-state index is 11.9. The topological polar surface area (TPSA) is 49.3 Å². The highest BCUT2D eigenvalue weighted by Gasteiger charge is 2.53. The Balaban J connectivity index is 2.37. The van der Waals surface area contributed by atoms with Gasteiger partial charge in [0, 0.05) is 21.9 Å². The molecule has 1 saturated heterocycles. The van der Waals surface area contributed by atoms with Crippen LogP contribution in [0.15, 0.2) is 24.3 Å². The molecule has 1 aliphatic heterocycles. The molecule has 0 aromatic heterocycles. The number of nitrogens with one attached hydrogen (secondary N) is 1. The zero-order valence-electron chi connectivity index (χ0n) is 11.1. The molecule has 1 aromatic rings. The van der Waals surface area contributed by atoms with Crippen LogP contribution >= 0.6 is 23.4 Å².